The molecule has 0 saturated carbocycles. The molecule has 2 rings (SSSR count). The van der Waals surface area contributed by atoms with Crippen LogP contribution in [0.25, 0.3) is 0 Å². The normalized spacial score (nSPS) is 15.5. The first kappa shape index (κ1) is 26.3. The summed E-state index contributed by atoms with van der Waals surface area (Å²) in [4.78, 5) is 0. The quantitative estimate of drug-likeness (QED) is 0.473. The Morgan fingerprint density at radius 2 is 0.875 bits per heavy atom. The van der Waals surface area contributed by atoms with Crippen molar-refractivity contribution >= 4 is 0 Å². The zero-order chi connectivity index (χ0) is 24.6. The van der Waals surface area contributed by atoms with Crippen LogP contribution in [0.2, 0.25) is 0 Å². The number of phenols is 2. The second-order valence-corrected chi connectivity index (χ2v) is 11.8. The Hall–Kier alpha value is -1.96. The molecule has 2 N–H and O–H groups in total. The molecular weight excluding hydrogens is 392 g/mol. The number of aromatic hydroxyl groups is 2. The molecular formula is C30H46O2. The molecule has 0 bridgehead atoms. The van der Waals surface area contributed by atoms with Gasteiger partial charge < -0.3 is 10.2 Å². The van der Waals surface area contributed by atoms with Crippen molar-refractivity contribution in [3.8, 4) is 11.5 Å². The Morgan fingerprint density at radius 1 is 0.594 bits per heavy atom. The standard InChI is InChI=1S/C30H46O2/c1-12-18(3)23-14-21(29(6,7)8)16-25(27(23)31)20(5)26-17-22(30(9,10)11)15-24(28(26)32)19(4)13-2/h14-20,31-32H,12-13H2,1-11H3. The molecule has 0 aliphatic heterocycles. The van der Waals surface area contributed by atoms with E-state index in [9.17, 15) is 10.2 Å². The average molecular weight is 439 g/mol. The van der Waals surface area contributed by atoms with E-state index in [1.54, 1.807) is 0 Å². The Labute approximate surface area is 197 Å². The lowest BCUT2D eigenvalue weighted by Gasteiger charge is -2.28. The summed E-state index contributed by atoms with van der Waals surface area (Å²) < 4.78 is 0. The number of phenolic OH excluding ortho intramolecular Hbond substituents is 2. The molecule has 0 heterocycles. The first-order valence-corrected chi connectivity index (χ1v) is 12.4. The van der Waals surface area contributed by atoms with Gasteiger partial charge >= 0.3 is 0 Å². The molecule has 0 radical (unpaired) electrons. The minimum Gasteiger partial charge on any atom is -0.507 e. The van der Waals surface area contributed by atoms with Crippen LogP contribution in [0.15, 0.2) is 24.3 Å². The smallest absolute Gasteiger partial charge is 0.122 e. The number of benzene rings is 2. The van der Waals surface area contributed by atoms with Crippen LogP contribution in [0.1, 0.15) is 140 Å². The van der Waals surface area contributed by atoms with Crippen molar-refractivity contribution in [1.82, 2.24) is 0 Å². The molecule has 2 nitrogen and oxygen atoms in total. The highest BCUT2D eigenvalue weighted by atomic mass is 16.3. The second-order valence-electron chi connectivity index (χ2n) is 11.8. The third kappa shape index (κ3) is 5.33. The lowest BCUT2D eigenvalue weighted by molar-refractivity contribution is 0.441. The summed E-state index contributed by atoms with van der Waals surface area (Å²) >= 11 is 0. The van der Waals surface area contributed by atoms with E-state index in [1.807, 2.05) is 0 Å². The Kier molecular flexibility index (Phi) is 7.80. The largest absolute Gasteiger partial charge is 0.507 e. The zero-order valence-corrected chi connectivity index (χ0v) is 22.4. The molecule has 32 heavy (non-hydrogen) atoms. The summed E-state index contributed by atoms with van der Waals surface area (Å²) in [5, 5.41) is 22.8. The van der Waals surface area contributed by atoms with E-state index < -0.39 is 0 Å². The predicted octanol–water partition coefficient (Wildman–Crippen LogP) is 8.87. The minimum absolute atomic E-state index is 0.0262. The number of hydrogen-bond acceptors (Lipinski definition) is 2. The van der Waals surface area contributed by atoms with E-state index in [1.165, 1.54) is 11.1 Å². The van der Waals surface area contributed by atoms with Gasteiger partial charge in [0.2, 0.25) is 0 Å². The van der Waals surface area contributed by atoms with Crippen molar-refractivity contribution in [2.45, 2.75) is 118 Å². The fraction of sp³-hybridized carbons (Fsp3) is 0.600. The molecule has 0 saturated heterocycles. The minimum atomic E-state index is -0.120. The van der Waals surface area contributed by atoms with Gasteiger partial charge in [0.1, 0.15) is 11.5 Å². The van der Waals surface area contributed by atoms with Crippen LogP contribution in [-0.4, -0.2) is 10.2 Å². The molecule has 2 unspecified atom stereocenters. The number of hydrogen-bond donors (Lipinski definition) is 2. The molecule has 178 valence electrons. The first-order valence-electron chi connectivity index (χ1n) is 12.4. The van der Waals surface area contributed by atoms with Crippen molar-refractivity contribution in [2.75, 3.05) is 0 Å². The lowest BCUT2D eigenvalue weighted by atomic mass is 9.77. The Balaban J connectivity index is 2.83. The van der Waals surface area contributed by atoms with E-state index in [0.29, 0.717) is 11.5 Å². The van der Waals surface area contributed by atoms with Crippen LogP contribution in [-0.2, 0) is 10.8 Å². The summed E-state index contributed by atoms with van der Waals surface area (Å²) in [6.45, 7) is 24.1. The van der Waals surface area contributed by atoms with Crippen LogP contribution in [0.5, 0.6) is 11.5 Å². The molecule has 2 heteroatoms. The van der Waals surface area contributed by atoms with E-state index in [4.69, 9.17) is 0 Å². The average Bonchev–Trinajstić information content (AvgIpc) is 2.70. The maximum atomic E-state index is 11.4. The van der Waals surface area contributed by atoms with Crippen LogP contribution in [0.3, 0.4) is 0 Å². The van der Waals surface area contributed by atoms with Crippen LogP contribution in [0.4, 0.5) is 0 Å². The van der Waals surface area contributed by atoms with Crippen molar-refractivity contribution < 1.29 is 10.2 Å². The molecule has 2 aromatic rings. The first-order chi connectivity index (χ1) is 14.6. The predicted molar refractivity (Wildman–Crippen MR) is 139 cm³/mol. The molecule has 0 spiro atoms. The summed E-state index contributed by atoms with van der Waals surface area (Å²) in [5.41, 5.74) is 6.23. The highest BCUT2D eigenvalue weighted by Gasteiger charge is 2.28. The van der Waals surface area contributed by atoms with Crippen LogP contribution >= 0.6 is 0 Å². The third-order valence-corrected chi connectivity index (χ3v) is 7.29. The topological polar surface area (TPSA) is 40.5 Å². The van der Waals surface area contributed by atoms with Crippen molar-refractivity contribution in [3.63, 3.8) is 0 Å². The van der Waals surface area contributed by atoms with Gasteiger partial charge in [0.05, 0.1) is 0 Å². The van der Waals surface area contributed by atoms with Gasteiger partial charge in [-0.05, 0) is 57.8 Å². The lowest BCUT2D eigenvalue weighted by Crippen LogP contribution is -2.15. The van der Waals surface area contributed by atoms with Crippen LogP contribution < -0.4 is 0 Å². The summed E-state index contributed by atoms with van der Waals surface area (Å²) in [5.74, 6) is 1.18. The molecule has 0 amide bonds. The van der Waals surface area contributed by atoms with Gasteiger partial charge in [-0.2, -0.15) is 0 Å². The fourth-order valence-corrected chi connectivity index (χ4v) is 4.25. The van der Waals surface area contributed by atoms with E-state index in [0.717, 1.165) is 35.1 Å². The van der Waals surface area contributed by atoms with Gasteiger partial charge in [-0.15, -0.1) is 0 Å². The van der Waals surface area contributed by atoms with Gasteiger partial charge in [0.25, 0.3) is 0 Å². The molecule has 0 aromatic heterocycles. The molecule has 0 aliphatic rings. The van der Waals surface area contributed by atoms with Crippen molar-refractivity contribution in [1.29, 1.82) is 0 Å². The van der Waals surface area contributed by atoms with E-state index in [2.05, 4.69) is 100 Å². The number of rotatable bonds is 6. The van der Waals surface area contributed by atoms with Crippen molar-refractivity contribution in [3.05, 3.63) is 57.6 Å². The molecule has 2 atom stereocenters. The van der Waals surface area contributed by atoms with Gasteiger partial charge in [0.15, 0.2) is 0 Å². The van der Waals surface area contributed by atoms with Gasteiger partial charge in [-0.25, -0.2) is 0 Å². The molecule has 2 aromatic carbocycles. The van der Waals surface area contributed by atoms with Crippen molar-refractivity contribution in [2.24, 2.45) is 0 Å². The SMILES string of the molecule is CCC(C)c1cc(C(C)(C)C)cc(C(C)c2cc(C(C)(C)C)cc(C(C)CC)c2O)c1O. The maximum Gasteiger partial charge on any atom is 0.122 e. The van der Waals surface area contributed by atoms with E-state index in [-0.39, 0.29) is 28.6 Å². The van der Waals surface area contributed by atoms with Gasteiger partial charge in [-0.1, -0.05) is 100 Å². The Morgan fingerprint density at radius 3 is 1.12 bits per heavy atom. The van der Waals surface area contributed by atoms with Gasteiger partial charge in [0, 0.05) is 17.0 Å². The zero-order valence-electron chi connectivity index (χ0n) is 22.4. The fourth-order valence-electron chi connectivity index (χ4n) is 4.25. The summed E-state index contributed by atoms with van der Waals surface area (Å²) in [6, 6.07) is 8.65. The highest BCUT2D eigenvalue weighted by Crippen LogP contribution is 2.45. The summed E-state index contributed by atoms with van der Waals surface area (Å²) in [7, 11) is 0. The highest BCUT2D eigenvalue weighted by molar-refractivity contribution is 5.56. The van der Waals surface area contributed by atoms with Gasteiger partial charge in [-0.3, -0.25) is 0 Å². The summed E-state index contributed by atoms with van der Waals surface area (Å²) in [6.07, 6.45) is 1.94. The second kappa shape index (κ2) is 9.49. The Bertz CT molecular complexity index is 863. The molecule has 0 fully saturated rings. The third-order valence-electron chi connectivity index (χ3n) is 7.29. The molecule has 0 aliphatic carbocycles. The van der Waals surface area contributed by atoms with Crippen LogP contribution in [0, 0.1) is 0 Å². The van der Waals surface area contributed by atoms with E-state index >= 15 is 0 Å². The maximum absolute atomic E-state index is 11.4. The monoisotopic (exact) mass is 438 g/mol.